The van der Waals surface area contributed by atoms with Gasteiger partial charge in [-0.05, 0) is 25.0 Å². The third-order valence-electron chi connectivity index (χ3n) is 3.63. The van der Waals surface area contributed by atoms with Crippen molar-refractivity contribution < 1.29 is 9.53 Å². The van der Waals surface area contributed by atoms with Crippen LogP contribution in [0.5, 0.6) is 0 Å². The second-order valence-corrected chi connectivity index (χ2v) is 5.73. The molecule has 1 unspecified atom stereocenters. The van der Waals surface area contributed by atoms with Crippen molar-refractivity contribution in [2.75, 3.05) is 5.75 Å². The van der Waals surface area contributed by atoms with Crippen molar-refractivity contribution in [1.82, 2.24) is 4.98 Å². The Balaban J connectivity index is 1.93. The predicted molar refractivity (Wildman–Crippen MR) is 72.5 cm³/mol. The molecule has 98 valence electrons. The molecule has 0 aliphatic carbocycles. The second kappa shape index (κ2) is 5.74. The van der Waals surface area contributed by atoms with Crippen molar-refractivity contribution in [2.45, 2.75) is 43.7 Å². The summed E-state index contributed by atoms with van der Waals surface area (Å²) >= 11 is 1.63. The minimum atomic E-state index is -0.216. The van der Waals surface area contributed by atoms with Crippen LogP contribution in [-0.2, 0) is 9.53 Å². The molecule has 18 heavy (non-hydrogen) atoms. The Hall–Kier alpha value is -1.03. The summed E-state index contributed by atoms with van der Waals surface area (Å²) in [4.78, 5) is 16.1. The number of aromatic nitrogens is 1. The van der Waals surface area contributed by atoms with Crippen LogP contribution in [0.2, 0.25) is 0 Å². The van der Waals surface area contributed by atoms with Crippen LogP contribution in [0.1, 0.15) is 33.1 Å². The Labute approximate surface area is 112 Å². The average Bonchev–Trinajstić information content (AvgIpc) is 2.75. The van der Waals surface area contributed by atoms with Crippen LogP contribution in [0.25, 0.3) is 0 Å². The van der Waals surface area contributed by atoms with E-state index >= 15 is 0 Å². The minimum Gasteiger partial charge on any atom is -0.459 e. The van der Waals surface area contributed by atoms with Crippen molar-refractivity contribution in [1.29, 1.82) is 0 Å². The molecule has 1 atom stereocenters. The molecular formula is C14H19NO2S. The number of pyridine rings is 1. The summed E-state index contributed by atoms with van der Waals surface area (Å²) in [5.74, 6) is 0.733. The number of esters is 1. The molecule has 0 spiro atoms. The van der Waals surface area contributed by atoms with Crippen LogP contribution in [0.15, 0.2) is 29.4 Å². The molecule has 1 aromatic heterocycles. The van der Waals surface area contributed by atoms with E-state index in [9.17, 15) is 4.79 Å². The summed E-state index contributed by atoms with van der Waals surface area (Å²) in [6.45, 7) is 4.18. The van der Waals surface area contributed by atoms with Crippen molar-refractivity contribution in [3.63, 3.8) is 0 Å². The van der Waals surface area contributed by atoms with E-state index in [-0.39, 0.29) is 17.5 Å². The lowest BCUT2D eigenvalue weighted by Crippen LogP contribution is -2.26. The van der Waals surface area contributed by atoms with Gasteiger partial charge in [-0.2, -0.15) is 0 Å². The molecule has 0 bridgehead atoms. The number of carbonyl (C=O) groups is 1. The Morgan fingerprint density at radius 3 is 2.78 bits per heavy atom. The lowest BCUT2D eigenvalue weighted by Gasteiger charge is -2.24. The number of ether oxygens (including phenoxy) is 1. The molecule has 3 nitrogen and oxygen atoms in total. The van der Waals surface area contributed by atoms with Gasteiger partial charge in [0.2, 0.25) is 0 Å². The third-order valence-corrected chi connectivity index (χ3v) is 4.73. The molecule has 0 aromatic carbocycles. The van der Waals surface area contributed by atoms with Crippen molar-refractivity contribution in [3.8, 4) is 0 Å². The predicted octanol–water partition coefficient (Wildman–Crippen LogP) is 3.30. The Morgan fingerprint density at radius 1 is 1.44 bits per heavy atom. The van der Waals surface area contributed by atoms with Crippen molar-refractivity contribution in [3.05, 3.63) is 24.4 Å². The van der Waals surface area contributed by atoms with Gasteiger partial charge >= 0.3 is 5.97 Å². The maximum atomic E-state index is 11.9. The van der Waals surface area contributed by atoms with Gasteiger partial charge in [-0.15, -0.1) is 11.8 Å². The van der Waals surface area contributed by atoms with Crippen LogP contribution in [0.4, 0.5) is 0 Å². The molecule has 1 aromatic rings. The zero-order valence-electron chi connectivity index (χ0n) is 10.9. The minimum absolute atomic E-state index is 0.0110. The fourth-order valence-corrected chi connectivity index (χ4v) is 3.24. The van der Waals surface area contributed by atoms with Gasteiger partial charge in [0.25, 0.3) is 0 Å². The van der Waals surface area contributed by atoms with E-state index in [0.717, 1.165) is 30.0 Å². The molecule has 4 heteroatoms. The number of hydrogen-bond acceptors (Lipinski definition) is 4. The molecule has 2 rings (SSSR count). The molecular weight excluding hydrogens is 246 g/mol. The van der Waals surface area contributed by atoms with E-state index in [4.69, 9.17) is 4.74 Å². The maximum Gasteiger partial charge on any atom is 0.310 e. The molecule has 0 radical (unpaired) electrons. The van der Waals surface area contributed by atoms with Crippen molar-refractivity contribution in [2.24, 2.45) is 5.92 Å². The Kier molecular flexibility index (Phi) is 4.27. The highest BCUT2D eigenvalue weighted by Crippen LogP contribution is 2.38. The van der Waals surface area contributed by atoms with Crippen LogP contribution in [-0.4, -0.2) is 22.3 Å². The summed E-state index contributed by atoms with van der Waals surface area (Å²) in [6, 6.07) is 5.83. The third kappa shape index (κ3) is 2.86. The number of cyclic esters (lactones) is 1. The number of nitrogens with zero attached hydrogens (tertiary/aromatic N) is 1. The number of hydrogen-bond donors (Lipinski definition) is 0. The van der Waals surface area contributed by atoms with Crippen LogP contribution >= 0.6 is 11.8 Å². The van der Waals surface area contributed by atoms with Gasteiger partial charge in [-0.3, -0.25) is 4.79 Å². The zero-order chi connectivity index (χ0) is 13.0. The Morgan fingerprint density at radius 2 is 2.22 bits per heavy atom. The quantitative estimate of drug-likeness (QED) is 0.605. The van der Waals surface area contributed by atoms with E-state index in [0.29, 0.717) is 0 Å². The molecule has 0 saturated carbocycles. The van der Waals surface area contributed by atoms with E-state index in [2.05, 4.69) is 18.8 Å². The fraction of sp³-hybridized carbons (Fsp3) is 0.571. The lowest BCUT2D eigenvalue weighted by atomic mass is 9.90. The molecule has 2 heterocycles. The maximum absolute atomic E-state index is 11.9. The molecule has 1 saturated heterocycles. The van der Waals surface area contributed by atoms with Gasteiger partial charge < -0.3 is 4.74 Å². The van der Waals surface area contributed by atoms with Gasteiger partial charge in [0, 0.05) is 18.4 Å². The highest BCUT2D eigenvalue weighted by molar-refractivity contribution is 7.99. The second-order valence-electron chi connectivity index (χ2n) is 4.69. The standard InChI is InChI=1S/C14H19NO2S/c1-3-14(4-2)9-11(13(16)17-14)10-18-12-7-5-6-8-15-12/h5-8,11H,3-4,9-10H2,1-2H3. The van der Waals surface area contributed by atoms with Crippen molar-refractivity contribution >= 4 is 17.7 Å². The first-order chi connectivity index (χ1) is 8.69. The van der Waals surface area contributed by atoms with Crippen LogP contribution in [0, 0.1) is 5.92 Å². The van der Waals surface area contributed by atoms with Crippen LogP contribution < -0.4 is 0 Å². The molecule has 1 fully saturated rings. The average molecular weight is 265 g/mol. The van der Waals surface area contributed by atoms with Gasteiger partial charge in [0.15, 0.2) is 0 Å². The zero-order valence-corrected chi connectivity index (χ0v) is 11.7. The normalized spacial score (nSPS) is 21.9. The number of thioether (sulfide) groups is 1. The summed E-state index contributed by atoms with van der Waals surface area (Å²) in [5.41, 5.74) is -0.216. The molecule has 0 N–H and O–H groups in total. The number of rotatable bonds is 5. The first-order valence-corrected chi connectivity index (χ1v) is 7.44. The highest BCUT2D eigenvalue weighted by atomic mass is 32.2. The van der Waals surface area contributed by atoms with Gasteiger partial charge in [0.05, 0.1) is 10.9 Å². The van der Waals surface area contributed by atoms with E-state index in [1.165, 1.54) is 0 Å². The van der Waals surface area contributed by atoms with Gasteiger partial charge in [-0.25, -0.2) is 4.98 Å². The highest BCUT2D eigenvalue weighted by Gasteiger charge is 2.44. The topological polar surface area (TPSA) is 39.2 Å². The van der Waals surface area contributed by atoms with E-state index in [1.54, 1.807) is 18.0 Å². The van der Waals surface area contributed by atoms with Gasteiger partial charge in [0.1, 0.15) is 5.60 Å². The monoisotopic (exact) mass is 265 g/mol. The smallest absolute Gasteiger partial charge is 0.310 e. The lowest BCUT2D eigenvalue weighted by molar-refractivity contribution is -0.150. The molecule has 0 amide bonds. The summed E-state index contributed by atoms with van der Waals surface area (Å²) in [5, 5.41) is 0.968. The van der Waals surface area contributed by atoms with E-state index in [1.807, 2.05) is 18.2 Å². The largest absolute Gasteiger partial charge is 0.459 e. The molecule has 1 aliphatic heterocycles. The summed E-state index contributed by atoms with van der Waals surface area (Å²) in [6.07, 6.45) is 4.43. The fourth-order valence-electron chi connectivity index (χ4n) is 2.30. The van der Waals surface area contributed by atoms with Gasteiger partial charge in [-0.1, -0.05) is 19.9 Å². The van der Waals surface area contributed by atoms with Crippen LogP contribution in [0.3, 0.4) is 0 Å². The summed E-state index contributed by atoms with van der Waals surface area (Å²) in [7, 11) is 0. The SMILES string of the molecule is CCC1(CC)CC(CSc2ccccn2)C(=O)O1. The first kappa shape index (κ1) is 13.4. The Bertz CT molecular complexity index is 404. The van der Waals surface area contributed by atoms with E-state index < -0.39 is 0 Å². The summed E-state index contributed by atoms with van der Waals surface area (Å²) < 4.78 is 5.58. The molecule has 1 aliphatic rings. The first-order valence-electron chi connectivity index (χ1n) is 6.46. The number of carbonyl (C=O) groups excluding carboxylic acids is 1.